The lowest BCUT2D eigenvalue weighted by Crippen LogP contribution is -2.24. The van der Waals surface area contributed by atoms with Crippen LogP contribution in [-0.4, -0.2) is 28.0 Å². The first-order valence-electron chi connectivity index (χ1n) is 4.88. The van der Waals surface area contributed by atoms with Gasteiger partial charge in [0, 0.05) is 13.0 Å². The van der Waals surface area contributed by atoms with Crippen molar-refractivity contribution in [2.75, 3.05) is 13.7 Å². The van der Waals surface area contributed by atoms with Crippen molar-refractivity contribution in [3.63, 3.8) is 0 Å². The van der Waals surface area contributed by atoms with Crippen LogP contribution < -0.4 is 4.72 Å². The van der Waals surface area contributed by atoms with Crippen molar-refractivity contribution in [1.82, 2.24) is 4.72 Å². The van der Waals surface area contributed by atoms with Crippen LogP contribution in [0.3, 0.4) is 0 Å². The predicted molar refractivity (Wildman–Crippen MR) is 73.5 cm³/mol. The van der Waals surface area contributed by atoms with Gasteiger partial charge in [0.25, 0.3) is 0 Å². The quantitative estimate of drug-likeness (QED) is 0.611. The normalized spacial score (nSPS) is 11.5. The lowest BCUT2D eigenvalue weighted by Gasteiger charge is -2.03. The number of esters is 1. The van der Waals surface area contributed by atoms with E-state index in [0.29, 0.717) is 15.2 Å². The Hall–Kier alpha value is -0.150. The summed E-state index contributed by atoms with van der Waals surface area (Å²) in [7, 11) is -2.28. The molecule has 1 aromatic rings. The molecule has 0 fully saturated rings. The van der Waals surface area contributed by atoms with Gasteiger partial charge in [0.2, 0.25) is 10.0 Å². The van der Waals surface area contributed by atoms with Crippen LogP contribution in [-0.2, 0) is 19.6 Å². The lowest BCUT2D eigenvalue weighted by atomic mass is 10.3. The fourth-order valence-electron chi connectivity index (χ4n) is 1.07. The number of sulfonamides is 1. The van der Waals surface area contributed by atoms with E-state index >= 15 is 0 Å². The topological polar surface area (TPSA) is 72.5 Å². The summed E-state index contributed by atoms with van der Waals surface area (Å²) in [6, 6.07) is 1.37. The summed E-state index contributed by atoms with van der Waals surface area (Å²) >= 11 is 9.95. The lowest BCUT2D eigenvalue weighted by molar-refractivity contribution is -0.140. The summed E-state index contributed by atoms with van der Waals surface area (Å²) in [6.07, 6.45) is 0.556. The minimum Gasteiger partial charge on any atom is -0.469 e. The second-order valence-electron chi connectivity index (χ2n) is 3.26. The molecule has 0 aliphatic rings. The number of thiophene rings is 1. The molecule has 18 heavy (non-hydrogen) atoms. The van der Waals surface area contributed by atoms with Crippen molar-refractivity contribution < 1.29 is 17.9 Å². The molecule has 0 unspecified atom stereocenters. The molecule has 1 rings (SSSR count). The van der Waals surface area contributed by atoms with Crippen LogP contribution in [0.2, 0.25) is 5.02 Å². The monoisotopic (exact) mass is 375 g/mol. The smallest absolute Gasteiger partial charge is 0.305 e. The molecule has 0 amide bonds. The molecule has 9 heteroatoms. The third-order valence-corrected chi connectivity index (χ3v) is 6.37. The first-order chi connectivity index (χ1) is 8.36. The third-order valence-electron chi connectivity index (χ3n) is 1.96. The van der Waals surface area contributed by atoms with E-state index in [4.69, 9.17) is 11.6 Å². The molecule has 0 aliphatic carbocycles. The Bertz CT molecular complexity index is 509. The van der Waals surface area contributed by atoms with Crippen LogP contribution in [0.15, 0.2) is 14.1 Å². The maximum absolute atomic E-state index is 11.8. The van der Waals surface area contributed by atoms with E-state index in [9.17, 15) is 13.2 Å². The second kappa shape index (κ2) is 6.85. The Balaban J connectivity index is 2.53. The fourth-order valence-corrected chi connectivity index (χ4v) is 4.59. The molecular weight excluding hydrogens is 366 g/mol. The number of carbonyl (C=O) groups is 1. The molecule has 0 aliphatic heterocycles. The van der Waals surface area contributed by atoms with Gasteiger partial charge >= 0.3 is 5.97 Å². The molecule has 0 atom stereocenters. The summed E-state index contributed by atoms with van der Waals surface area (Å²) in [6.45, 7) is 0.171. The third kappa shape index (κ3) is 4.51. The van der Waals surface area contributed by atoms with Gasteiger partial charge in [-0.2, -0.15) is 0 Å². The zero-order chi connectivity index (χ0) is 13.8. The summed E-state index contributed by atoms with van der Waals surface area (Å²) < 4.78 is 31.2. The molecule has 1 N–H and O–H groups in total. The van der Waals surface area contributed by atoms with E-state index in [2.05, 4.69) is 25.4 Å². The summed E-state index contributed by atoms with van der Waals surface area (Å²) in [5, 5.41) is 0.356. The largest absolute Gasteiger partial charge is 0.469 e. The average molecular weight is 377 g/mol. The van der Waals surface area contributed by atoms with Crippen molar-refractivity contribution in [2.24, 2.45) is 0 Å². The fraction of sp³-hybridized carbons (Fsp3) is 0.444. The number of nitrogens with one attached hydrogen (secondary N) is 1. The van der Waals surface area contributed by atoms with Crippen LogP contribution in [0.1, 0.15) is 12.8 Å². The van der Waals surface area contributed by atoms with Gasteiger partial charge in [-0.15, -0.1) is 11.3 Å². The molecule has 0 bridgehead atoms. The molecule has 0 aromatic carbocycles. The Kier molecular flexibility index (Phi) is 6.06. The molecule has 1 heterocycles. The highest BCUT2D eigenvalue weighted by molar-refractivity contribution is 9.11. The van der Waals surface area contributed by atoms with E-state index < -0.39 is 10.0 Å². The van der Waals surface area contributed by atoms with Gasteiger partial charge in [-0.1, -0.05) is 11.6 Å². The van der Waals surface area contributed by atoms with Gasteiger partial charge in [0.1, 0.15) is 4.21 Å². The van der Waals surface area contributed by atoms with Gasteiger partial charge in [-0.25, -0.2) is 13.1 Å². The van der Waals surface area contributed by atoms with Gasteiger partial charge < -0.3 is 4.74 Å². The number of rotatable bonds is 6. The molecule has 0 saturated carbocycles. The van der Waals surface area contributed by atoms with Gasteiger partial charge in [-0.3, -0.25) is 4.79 Å². The summed E-state index contributed by atoms with van der Waals surface area (Å²) in [5.41, 5.74) is 0. The van der Waals surface area contributed by atoms with Crippen molar-refractivity contribution in [3.8, 4) is 0 Å². The average Bonchev–Trinajstić information content (AvgIpc) is 2.66. The van der Waals surface area contributed by atoms with Crippen LogP contribution >= 0.6 is 38.9 Å². The van der Waals surface area contributed by atoms with E-state index in [0.717, 1.165) is 11.3 Å². The molecule has 5 nitrogen and oxygen atoms in total. The van der Waals surface area contributed by atoms with E-state index in [1.807, 2.05) is 0 Å². The molecule has 102 valence electrons. The Morgan fingerprint density at radius 2 is 2.28 bits per heavy atom. The van der Waals surface area contributed by atoms with Gasteiger partial charge in [0.05, 0.1) is 15.9 Å². The molecule has 0 spiro atoms. The molecule has 1 aromatic heterocycles. The molecule has 0 radical (unpaired) electrons. The standard InChI is InChI=1S/C9H11BrClNO4S2/c1-16-7(13)3-2-4-12-18(14,15)8-5-6(11)9(10)17-8/h5,12H,2-4H2,1H3. The number of hydrogen-bond donors (Lipinski definition) is 1. The van der Waals surface area contributed by atoms with Crippen LogP contribution in [0.4, 0.5) is 0 Å². The van der Waals surface area contributed by atoms with Crippen LogP contribution in [0.5, 0.6) is 0 Å². The number of ether oxygens (including phenoxy) is 1. The number of methoxy groups -OCH3 is 1. The minimum absolute atomic E-state index is 0.137. The summed E-state index contributed by atoms with van der Waals surface area (Å²) in [5.74, 6) is -0.365. The maximum atomic E-state index is 11.8. The zero-order valence-electron chi connectivity index (χ0n) is 9.40. The number of hydrogen-bond acceptors (Lipinski definition) is 5. The molecular formula is C9H11BrClNO4S2. The van der Waals surface area contributed by atoms with E-state index in [1.54, 1.807) is 0 Å². The second-order valence-corrected chi connectivity index (χ2v) is 8.04. The van der Waals surface area contributed by atoms with Crippen molar-refractivity contribution in [2.45, 2.75) is 17.1 Å². The molecule has 0 saturated heterocycles. The van der Waals surface area contributed by atoms with E-state index in [-0.39, 0.29) is 23.1 Å². The maximum Gasteiger partial charge on any atom is 0.305 e. The van der Waals surface area contributed by atoms with Crippen LogP contribution in [0.25, 0.3) is 0 Å². The highest BCUT2D eigenvalue weighted by atomic mass is 79.9. The van der Waals surface area contributed by atoms with Crippen LogP contribution in [0, 0.1) is 0 Å². The van der Waals surface area contributed by atoms with Crippen molar-refractivity contribution in [3.05, 3.63) is 14.9 Å². The Labute approximate surface area is 123 Å². The highest BCUT2D eigenvalue weighted by Crippen LogP contribution is 2.34. The Morgan fingerprint density at radius 1 is 1.61 bits per heavy atom. The highest BCUT2D eigenvalue weighted by Gasteiger charge is 2.18. The first kappa shape index (κ1) is 15.9. The number of carbonyl (C=O) groups excluding carboxylic acids is 1. The van der Waals surface area contributed by atoms with Gasteiger partial charge in [-0.05, 0) is 28.4 Å². The minimum atomic E-state index is -3.56. The van der Waals surface area contributed by atoms with E-state index in [1.165, 1.54) is 13.2 Å². The van der Waals surface area contributed by atoms with Crippen molar-refractivity contribution in [1.29, 1.82) is 0 Å². The zero-order valence-corrected chi connectivity index (χ0v) is 13.4. The summed E-state index contributed by atoms with van der Waals surface area (Å²) in [4.78, 5) is 10.8. The first-order valence-corrected chi connectivity index (χ1v) is 8.35. The SMILES string of the molecule is COC(=O)CCCNS(=O)(=O)c1cc(Cl)c(Br)s1. The number of halogens is 2. The van der Waals surface area contributed by atoms with Crippen molar-refractivity contribution >= 4 is 54.9 Å². The Morgan fingerprint density at radius 3 is 2.78 bits per heavy atom. The van der Waals surface area contributed by atoms with Gasteiger partial charge in [0.15, 0.2) is 0 Å². The predicted octanol–water partition coefficient (Wildman–Crippen LogP) is 2.40.